The minimum Gasteiger partial charge on any atom is -0.309 e. The van der Waals surface area contributed by atoms with Crippen LogP contribution in [0, 0.1) is 35.5 Å². The van der Waals surface area contributed by atoms with Gasteiger partial charge < -0.3 is 4.57 Å². The summed E-state index contributed by atoms with van der Waals surface area (Å²) in [4.78, 5) is 0. The Morgan fingerprint density at radius 3 is 2.57 bits per heavy atom. The molecule has 1 aromatic heterocycles. The molecule has 35 heavy (non-hydrogen) atoms. The van der Waals surface area contributed by atoms with Gasteiger partial charge in [-0.25, -0.2) is 0 Å². The zero-order valence-corrected chi connectivity index (χ0v) is 21.8. The van der Waals surface area contributed by atoms with Gasteiger partial charge >= 0.3 is 0 Å². The summed E-state index contributed by atoms with van der Waals surface area (Å²) in [6.45, 7) is 12.1. The highest BCUT2D eigenvalue weighted by Gasteiger charge is 2.65. The van der Waals surface area contributed by atoms with Crippen LogP contribution in [0.3, 0.4) is 0 Å². The molecule has 4 aliphatic rings. The smallest absolute Gasteiger partial charge is 0.0582 e. The Morgan fingerprint density at radius 2 is 1.80 bits per heavy atom. The molecular weight excluding hydrogens is 422 g/mol. The molecule has 3 aliphatic carbocycles. The van der Waals surface area contributed by atoms with E-state index in [2.05, 4.69) is 106 Å². The molecule has 3 aromatic rings. The van der Waals surface area contributed by atoms with Gasteiger partial charge in [-0.3, -0.25) is 0 Å². The summed E-state index contributed by atoms with van der Waals surface area (Å²) in [5, 5.41) is 2.80. The van der Waals surface area contributed by atoms with Crippen LogP contribution in [0.4, 0.5) is 0 Å². The third kappa shape index (κ3) is 2.61. The topological polar surface area (TPSA) is 4.93 Å². The van der Waals surface area contributed by atoms with Crippen molar-refractivity contribution in [1.29, 1.82) is 0 Å². The summed E-state index contributed by atoms with van der Waals surface area (Å²) in [5.74, 6) is 4.21. The molecule has 0 N–H and O–H groups in total. The van der Waals surface area contributed by atoms with Gasteiger partial charge in [0.1, 0.15) is 0 Å². The van der Waals surface area contributed by atoms with Crippen molar-refractivity contribution in [3.63, 3.8) is 0 Å². The van der Waals surface area contributed by atoms with Crippen molar-refractivity contribution in [2.45, 2.75) is 59.3 Å². The molecule has 0 radical (unpaired) electrons. The molecule has 1 heteroatoms. The molecule has 2 aromatic carbocycles. The fraction of sp³-hybridized carbons (Fsp3) is 0.441. The van der Waals surface area contributed by atoms with Crippen LogP contribution >= 0.6 is 0 Å². The third-order valence-corrected chi connectivity index (χ3v) is 9.90. The summed E-state index contributed by atoms with van der Waals surface area (Å²) in [7, 11) is 0. The second-order valence-corrected chi connectivity index (χ2v) is 12.5. The van der Waals surface area contributed by atoms with E-state index in [1.807, 2.05) is 0 Å². The maximum Gasteiger partial charge on any atom is 0.0582 e. The summed E-state index contributed by atoms with van der Waals surface area (Å²) in [6, 6.07) is 16.3. The van der Waals surface area contributed by atoms with E-state index in [-0.39, 0.29) is 5.41 Å². The lowest BCUT2D eigenvalue weighted by atomic mass is 9.51. The van der Waals surface area contributed by atoms with Gasteiger partial charge in [-0.05, 0) is 84.1 Å². The molecule has 5 unspecified atom stereocenters. The van der Waals surface area contributed by atoms with Crippen molar-refractivity contribution in [1.82, 2.24) is 4.57 Å². The highest BCUT2D eigenvalue weighted by atomic mass is 15.0. The number of hydrogen-bond donors (Lipinski definition) is 0. The molecule has 1 nitrogen and oxygen atoms in total. The summed E-state index contributed by atoms with van der Waals surface area (Å²) < 4.78 is 2.61. The molecule has 1 aliphatic heterocycles. The number of aromatic nitrogens is 1. The predicted molar refractivity (Wildman–Crippen MR) is 148 cm³/mol. The van der Waals surface area contributed by atoms with E-state index in [9.17, 15) is 0 Å². The van der Waals surface area contributed by atoms with Crippen molar-refractivity contribution < 1.29 is 0 Å². The number of para-hydroxylation sites is 2. The van der Waals surface area contributed by atoms with Gasteiger partial charge in [0.15, 0.2) is 0 Å². The van der Waals surface area contributed by atoms with Crippen molar-refractivity contribution in [3.8, 4) is 0 Å². The van der Waals surface area contributed by atoms with Gasteiger partial charge in [-0.2, -0.15) is 0 Å². The first-order chi connectivity index (χ1) is 16.9. The summed E-state index contributed by atoms with van der Waals surface area (Å²) in [6.07, 6.45) is 10.8. The van der Waals surface area contributed by atoms with E-state index in [0.29, 0.717) is 17.8 Å². The normalized spacial score (nSPS) is 30.9. The molecule has 0 saturated heterocycles. The maximum absolute atomic E-state index is 3.81. The average Bonchev–Trinajstić information content (AvgIpc) is 3.16. The van der Waals surface area contributed by atoms with Gasteiger partial charge in [0, 0.05) is 21.8 Å². The molecular formula is C34H37N. The van der Waals surface area contributed by atoms with E-state index >= 15 is 0 Å². The van der Waals surface area contributed by atoms with Gasteiger partial charge in [0.2, 0.25) is 0 Å². The highest BCUT2D eigenvalue weighted by molar-refractivity contribution is 6.13. The predicted octanol–water partition coefficient (Wildman–Crippen LogP) is 8.90. The van der Waals surface area contributed by atoms with Crippen LogP contribution in [0.5, 0.6) is 0 Å². The van der Waals surface area contributed by atoms with Crippen molar-refractivity contribution in [2.24, 2.45) is 35.5 Å². The zero-order valence-electron chi connectivity index (χ0n) is 21.8. The number of allylic oxidation sites excluding steroid dienone is 5. The van der Waals surface area contributed by atoms with Crippen LogP contribution in [-0.4, -0.2) is 4.57 Å². The minimum atomic E-state index is 0.0792. The molecule has 7 rings (SSSR count). The monoisotopic (exact) mass is 459 g/mol. The van der Waals surface area contributed by atoms with E-state index in [1.165, 1.54) is 52.3 Å². The molecule has 2 fully saturated rings. The number of benzene rings is 2. The van der Waals surface area contributed by atoms with Crippen molar-refractivity contribution in [2.75, 3.05) is 0 Å². The van der Waals surface area contributed by atoms with Crippen LogP contribution in [0.1, 0.15) is 59.4 Å². The van der Waals surface area contributed by atoms with Gasteiger partial charge in [-0.1, -0.05) is 77.1 Å². The first-order valence-corrected chi connectivity index (χ1v) is 13.9. The van der Waals surface area contributed by atoms with Crippen molar-refractivity contribution >= 4 is 27.5 Å². The number of rotatable bonds is 3. The maximum atomic E-state index is 3.81. The second-order valence-electron chi connectivity index (χ2n) is 12.5. The van der Waals surface area contributed by atoms with Crippen molar-refractivity contribution in [3.05, 3.63) is 83.1 Å². The zero-order chi connectivity index (χ0) is 24.1. The Hall–Kier alpha value is -2.76. The van der Waals surface area contributed by atoms with E-state index in [4.69, 9.17) is 0 Å². The van der Waals surface area contributed by atoms with Crippen LogP contribution < -0.4 is 0 Å². The molecule has 0 amide bonds. The average molecular weight is 460 g/mol. The van der Waals surface area contributed by atoms with E-state index in [0.717, 1.165) is 17.8 Å². The van der Waals surface area contributed by atoms with Crippen LogP contribution in [0.15, 0.2) is 77.6 Å². The number of hydrogen-bond acceptors (Lipinski definition) is 0. The molecule has 178 valence electrons. The third-order valence-electron chi connectivity index (χ3n) is 9.90. The van der Waals surface area contributed by atoms with Crippen LogP contribution in [0.25, 0.3) is 27.5 Å². The quantitative estimate of drug-likeness (QED) is 0.345. The molecule has 2 saturated carbocycles. The highest BCUT2D eigenvalue weighted by Crippen LogP contribution is 2.70. The first kappa shape index (κ1) is 21.5. The Bertz CT molecular complexity index is 1500. The Morgan fingerprint density at radius 1 is 1.00 bits per heavy atom. The molecule has 1 spiro atoms. The fourth-order valence-electron chi connectivity index (χ4n) is 8.73. The lowest BCUT2D eigenvalue weighted by Gasteiger charge is -2.53. The summed E-state index contributed by atoms with van der Waals surface area (Å²) in [5.41, 5.74) is 12.7. The second kappa shape index (κ2) is 7.37. The lowest BCUT2D eigenvalue weighted by Crippen LogP contribution is -2.49. The SMILES string of the molecule is CC(C)CC1CC2C(C)CC2C12C1=C(C=CC=C=C1C(C)C)n1c3ccccc3c3cccc2c31. The fourth-order valence-corrected chi connectivity index (χ4v) is 8.73. The minimum absolute atomic E-state index is 0.0792. The largest absolute Gasteiger partial charge is 0.309 e. The lowest BCUT2D eigenvalue weighted by molar-refractivity contribution is 0.0800. The van der Waals surface area contributed by atoms with Gasteiger partial charge in [0.25, 0.3) is 0 Å². The Labute approximate surface area is 209 Å². The first-order valence-electron chi connectivity index (χ1n) is 13.9. The molecule has 0 bridgehead atoms. The van der Waals surface area contributed by atoms with E-state index < -0.39 is 0 Å². The molecule has 2 heterocycles. The van der Waals surface area contributed by atoms with Crippen LogP contribution in [0.2, 0.25) is 0 Å². The van der Waals surface area contributed by atoms with Gasteiger partial charge in [0.05, 0.1) is 16.7 Å². The van der Waals surface area contributed by atoms with E-state index in [1.54, 1.807) is 11.1 Å². The molecule has 5 atom stereocenters. The Balaban J connectivity index is 1.68. The summed E-state index contributed by atoms with van der Waals surface area (Å²) >= 11 is 0. The van der Waals surface area contributed by atoms with Crippen LogP contribution in [-0.2, 0) is 5.41 Å². The Kier molecular flexibility index (Phi) is 4.53. The number of fused-ring (bicyclic) bond motifs is 8. The standard InChI is InChI=1S/C34H37N/c1-20(2)17-23-19-27-22(5)18-29(27)34(23)28-14-10-13-26-25-12-7-8-15-30(25)35(33(26)28)31-16-9-6-11-24(21(3)4)32(31)34/h6-10,12-16,20-23,27,29H,17-19H2,1-5H3. The van der Waals surface area contributed by atoms with Gasteiger partial charge in [-0.15, -0.1) is 5.73 Å². The number of nitrogens with zero attached hydrogens (tertiary/aromatic N) is 1.